The summed E-state index contributed by atoms with van der Waals surface area (Å²) >= 11 is 0. The average molecular weight is 293 g/mol. The predicted octanol–water partition coefficient (Wildman–Crippen LogP) is 2.91. The van der Waals surface area contributed by atoms with Gasteiger partial charge in [-0.2, -0.15) is 0 Å². The zero-order chi connectivity index (χ0) is 15.1. The molecule has 0 aromatic heterocycles. The SMILES string of the molecule is CCCC(CCO)CNC1CCOc2ccc(OC)cc21. The van der Waals surface area contributed by atoms with E-state index in [1.54, 1.807) is 7.11 Å². The molecule has 0 bridgehead atoms. The van der Waals surface area contributed by atoms with E-state index in [9.17, 15) is 0 Å². The Hall–Kier alpha value is -1.26. The van der Waals surface area contributed by atoms with Crippen LogP contribution in [0.5, 0.6) is 11.5 Å². The summed E-state index contributed by atoms with van der Waals surface area (Å²) in [6.07, 6.45) is 4.15. The first kappa shape index (κ1) is 16.1. The highest BCUT2D eigenvalue weighted by atomic mass is 16.5. The number of rotatable bonds is 8. The molecule has 1 aliphatic heterocycles. The highest BCUT2D eigenvalue weighted by Gasteiger charge is 2.22. The largest absolute Gasteiger partial charge is 0.497 e. The van der Waals surface area contributed by atoms with Crippen LogP contribution in [0, 0.1) is 5.92 Å². The van der Waals surface area contributed by atoms with Crippen LogP contribution in [-0.2, 0) is 0 Å². The molecule has 0 amide bonds. The monoisotopic (exact) mass is 293 g/mol. The second-order valence-corrected chi connectivity index (χ2v) is 5.67. The Morgan fingerprint density at radius 1 is 1.43 bits per heavy atom. The number of aliphatic hydroxyl groups is 1. The Bertz CT molecular complexity index is 430. The van der Waals surface area contributed by atoms with Gasteiger partial charge in [0.25, 0.3) is 0 Å². The molecule has 0 radical (unpaired) electrons. The molecule has 1 heterocycles. The first-order chi connectivity index (χ1) is 10.3. The van der Waals surface area contributed by atoms with Gasteiger partial charge >= 0.3 is 0 Å². The lowest BCUT2D eigenvalue weighted by Crippen LogP contribution is -2.31. The van der Waals surface area contributed by atoms with Crippen LogP contribution >= 0.6 is 0 Å². The van der Waals surface area contributed by atoms with Gasteiger partial charge in [-0.3, -0.25) is 0 Å². The number of methoxy groups -OCH3 is 1. The quantitative estimate of drug-likeness (QED) is 0.774. The lowest BCUT2D eigenvalue weighted by Gasteiger charge is -2.29. The minimum Gasteiger partial charge on any atom is -0.497 e. The standard InChI is InChI=1S/C17H27NO3/c1-3-4-13(7-9-19)12-18-16-8-10-21-17-6-5-14(20-2)11-15(16)17/h5-6,11,13,16,18-19H,3-4,7-10,12H2,1-2H3. The molecule has 2 atom stereocenters. The minimum atomic E-state index is 0.268. The number of hydrogen-bond acceptors (Lipinski definition) is 4. The molecule has 4 nitrogen and oxygen atoms in total. The summed E-state index contributed by atoms with van der Waals surface area (Å²) in [4.78, 5) is 0. The van der Waals surface area contributed by atoms with Gasteiger partial charge in [-0.25, -0.2) is 0 Å². The molecule has 2 rings (SSSR count). The number of ether oxygens (including phenoxy) is 2. The fourth-order valence-corrected chi connectivity index (χ4v) is 2.96. The van der Waals surface area contributed by atoms with Gasteiger partial charge in [-0.15, -0.1) is 0 Å². The van der Waals surface area contributed by atoms with E-state index in [-0.39, 0.29) is 6.61 Å². The lowest BCUT2D eigenvalue weighted by molar-refractivity contribution is 0.227. The van der Waals surface area contributed by atoms with Crippen LogP contribution < -0.4 is 14.8 Å². The normalized spacial score (nSPS) is 18.7. The number of benzene rings is 1. The van der Waals surface area contributed by atoms with Gasteiger partial charge in [0.15, 0.2) is 0 Å². The first-order valence-corrected chi connectivity index (χ1v) is 7.93. The molecular weight excluding hydrogens is 266 g/mol. The van der Waals surface area contributed by atoms with Crippen LogP contribution in [0.25, 0.3) is 0 Å². The van der Waals surface area contributed by atoms with Crippen LogP contribution in [0.15, 0.2) is 18.2 Å². The van der Waals surface area contributed by atoms with Crippen molar-refractivity contribution < 1.29 is 14.6 Å². The van der Waals surface area contributed by atoms with E-state index in [2.05, 4.69) is 18.3 Å². The zero-order valence-electron chi connectivity index (χ0n) is 13.1. The van der Waals surface area contributed by atoms with Crippen molar-refractivity contribution in [2.75, 3.05) is 26.9 Å². The molecule has 118 valence electrons. The third-order valence-electron chi connectivity index (χ3n) is 4.14. The predicted molar refractivity (Wildman–Crippen MR) is 84.0 cm³/mol. The summed E-state index contributed by atoms with van der Waals surface area (Å²) in [6.45, 7) is 4.15. The maximum absolute atomic E-state index is 9.16. The van der Waals surface area contributed by atoms with Crippen molar-refractivity contribution in [1.29, 1.82) is 0 Å². The van der Waals surface area contributed by atoms with Gasteiger partial charge in [0, 0.05) is 24.6 Å². The molecule has 1 aliphatic rings. The second kappa shape index (κ2) is 8.25. The summed E-state index contributed by atoms with van der Waals surface area (Å²) < 4.78 is 11.0. The van der Waals surface area contributed by atoms with Gasteiger partial charge < -0.3 is 19.9 Å². The van der Waals surface area contributed by atoms with Gasteiger partial charge in [0.1, 0.15) is 11.5 Å². The van der Waals surface area contributed by atoms with E-state index in [0.717, 1.165) is 50.3 Å². The molecule has 1 aromatic rings. The molecule has 0 spiro atoms. The molecule has 0 saturated carbocycles. The Labute approximate surface area is 127 Å². The van der Waals surface area contributed by atoms with E-state index in [4.69, 9.17) is 14.6 Å². The van der Waals surface area contributed by atoms with Gasteiger partial charge in [0.05, 0.1) is 13.7 Å². The number of aliphatic hydroxyl groups excluding tert-OH is 1. The van der Waals surface area contributed by atoms with Crippen molar-refractivity contribution in [2.24, 2.45) is 5.92 Å². The molecule has 0 aliphatic carbocycles. The van der Waals surface area contributed by atoms with Crippen molar-refractivity contribution in [1.82, 2.24) is 5.32 Å². The molecular formula is C17H27NO3. The summed E-state index contributed by atoms with van der Waals surface area (Å²) in [6, 6.07) is 6.29. The number of hydrogen-bond donors (Lipinski definition) is 2. The van der Waals surface area contributed by atoms with Crippen LogP contribution in [0.1, 0.15) is 44.2 Å². The molecule has 21 heavy (non-hydrogen) atoms. The van der Waals surface area contributed by atoms with Crippen LogP contribution in [0.3, 0.4) is 0 Å². The van der Waals surface area contributed by atoms with E-state index in [0.29, 0.717) is 12.0 Å². The van der Waals surface area contributed by atoms with Crippen LogP contribution in [0.4, 0.5) is 0 Å². The van der Waals surface area contributed by atoms with Gasteiger partial charge in [-0.1, -0.05) is 13.3 Å². The van der Waals surface area contributed by atoms with Crippen molar-refractivity contribution in [3.05, 3.63) is 23.8 Å². The maximum Gasteiger partial charge on any atom is 0.124 e. The molecule has 0 saturated heterocycles. The van der Waals surface area contributed by atoms with Gasteiger partial charge in [0.2, 0.25) is 0 Å². The maximum atomic E-state index is 9.16. The minimum absolute atomic E-state index is 0.268. The lowest BCUT2D eigenvalue weighted by atomic mass is 9.96. The molecule has 4 heteroatoms. The zero-order valence-corrected chi connectivity index (χ0v) is 13.1. The van der Waals surface area contributed by atoms with Crippen molar-refractivity contribution >= 4 is 0 Å². The third kappa shape index (κ3) is 4.35. The van der Waals surface area contributed by atoms with Crippen molar-refractivity contribution in [3.8, 4) is 11.5 Å². The Kier molecular flexibility index (Phi) is 6.33. The van der Waals surface area contributed by atoms with Crippen LogP contribution in [0.2, 0.25) is 0 Å². The van der Waals surface area contributed by atoms with E-state index < -0.39 is 0 Å². The Morgan fingerprint density at radius 2 is 2.29 bits per heavy atom. The van der Waals surface area contributed by atoms with E-state index in [1.165, 1.54) is 5.56 Å². The topological polar surface area (TPSA) is 50.7 Å². The highest BCUT2D eigenvalue weighted by molar-refractivity contribution is 5.43. The second-order valence-electron chi connectivity index (χ2n) is 5.67. The van der Waals surface area contributed by atoms with Crippen molar-refractivity contribution in [3.63, 3.8) is 0 Å². The van der Waals surface area contributed by atoms with Crippen LogP contribution in [-0.4, -0.2) is 32.0 Å². The fraction of sp³-hybridized carbons (Fsp3) is 0.647. The van der Waals surface area contributed by atoms with Crippen molar-refractivity contribution in [2.45, 2.75) is 38.6 Å². The molecule has 0 fully saturated rings. The average Bonchev–Trinajstić information content (AvgIpc) is 2.52. The summed E-state index contributed by atoms with van der Waals surface area (Å²) in [5.74, 6) is 2.36. The van der Waals surface area contributed by atoms with E-state index in [1.807, 2.05) is 12.1 Å². The third-order valence-corrected chi connectivity index (χ3v) is 4.14. The molecule has 2 N–H and O–H groups in total. The summed E-state index contributed by atoms with van der Waals surface area (Å²) in [5.41, 5.74) is 1.18. The number of nitrogens with one attached hydrogen (secondary N) is 1. The number of fused-ring (bicyclic) bond motifs is 1. The first-order valence-electron chi connectivity index (χ1n) is 7.93. The summed E-state index contributed by atoms with van der Waals surface area (Å²) in [5, 5.41) is 12.8. The van der Waals surface area contributed by atoms with E-state index >= 15 is 0 Å². The Balaban J connectivity index is 2.01. The molecule has 1 aromatic carbocycles. The smallest absolute Gasteiger partial charge is 0.124 e. The highest BCUT2D eigenvalue weighted by Crippen LogP contribution is 2.34. The fourth-order valence-electron chi connectivity index (χ4n) is 2.96. The Morgan fingerprint density at radius 3 is 3.00 bits per heavy atom. The molecule has 2 unspecified atom stereocenters. The summed E-state index contributed by atoms with van der Waals surface area (Å²) in [7, 11) is 1.69. The van der Waals surface area contributed by atoms with Gasteiger partial charge in [-0.05, 0) is 43.5 Å².